The summed E-state index contributed by atoms with van der Waals surface area (Å²) in [4.78, 5) is 33.9. The second-order valence-electron chi connectivity index (χ2n) is 5.85. The molecule has 2 atom stereocenters. The predicted octanol–water partition coefficient (Wildman–Crippen LogP) is 1.22. The number of aryl methyl sites for hydroxylation is 1. The second-order valence-corrected chi connectivity index (χ2v) is 5.85. The van der Waals surface area contributed by atoms with E-state index in [1.807, 2.05) is 13.8 Å². The molecule has 0 aliphatic carbocycles. The summed E-state index contributed by atoms with van der Waals surface area (Å²) in [6, 6.07) is 0. The molecule has 2 rings (SSSR count). The minimum Gasteiger partial charge on any atom is -0.479 e. The number of carboxylic acid groups (broad SMARTS) is 1. The van der Waals surface area contributed by atoms with Gasteiger partial charge in [0.25, 0.3) is 5.91 Å². The Balaban J connectivity index is 2.29. The first-order valence-corrected chi connectivity index (χ1v) is 7.30. The Morgan fingerprint density at radius 2 is 2.09 bits per heavy atom. The third-order valence-electron chi connectivity index (χ3n) is 3.54. The van der Waals surface area contributed by atoms with Crippen LogP contribution in [0.4, 0.5) is 0 Å². The third-order valence-corrected chi connectivity index (χ3v) is 3.54. The van der Waals surface area contributed by atoms with Gasteiger partial charge in [-0.1, -0.05) is 13.8 Å². The van der Waals surface area contributed by atoms with Crippen molar-refractivity contribution in [2.24, 2.45) is 0 Å². The van der Waals surface area contributed by atoms with Crippen LogP contribution in [0, 0.1) is 6.92 Å². The lowest BCUT2D eigenvalue weighted by molar-refractivity contribution is -0.160. The normalized spacial score (nSPS) is 22.0. The highest BCUT2D eigenvalue weighted by Gasteiger charge is 2.34. The zero-order valence-corrected chi connectivity index (χ0v) is 13.2. The minimum absolute atomic E-state index is 0.0317. The van der Waals surface area contributed by atoms with Crippen LogP contribution < -0.4 is 0 Å². The van der Waals surface area contributed by atoms with Crippen LogP contribution in [0.15, 0.2) is 6.20 Å². The van der Waals surface area contributed by atoms with Crippen molar-refractivity contribution in [2.45, 2.75) is 45.8 Å². The quantitative estimate of drug-likeness (QED) is 0.902. The number of aromatic nitrogens is 2. The number of carboxylic acids is 1. The molecular weight excluding hydrogens is 286 g/mol. The summed E-state index contributed by atoms with van der Waals surface area (Å²) in [7, 11) is 0. The fourth-order valence-electron chi connectivity index (χ4n) is 2.52. The summed E-state index contributed by atoms with van der Waals surface area (Å²) >= 11 is 0. The van der Waals surface area contributed by atoms with E-state index in [2.05, 4.69) is 9.97 Å². The van der Waals surface area contributed by atoms with Crippen molar-refractivity contribution in [3.05, 3.63) is 23.3 Å². The van der Waals surface area contributed by atoms with Gasteiger partial charge in [0.05, 0.1) is 23.9 Å². The number of hydrogen-bond acceptors (Lipinski definition) is 5. The molecule has 0 bridgehead atoms. The number of amides is 1. The van der Waals surface area contributed by atoms with Crippen molar-refractivity contribution in [3.63, 3.8) is 0 Å². The molecule has 1 unspecified atom stereocenters. The van der Waals surface area contributed by atoms with E-state index in [9.17, 15) is 9.59 Å². The van der Waals surface area contributed by atoms with E-state index < -0.39 is 12.1 Å². The first-order valence-electron chi connectivity index (χ1n) is 7.30. The minimum atomic E-state index is -1.06. The Labute approximate surface area is 129 Å². The molecule has 1 aromatic rings. The summed E-state index contributed by atoms with van der Waals surface area (Å²) in [5.74, 6) is -0.618. The molecule has 1 saturated heterocycles. The van der Waals surface area contributed by atoms with Crippen LogP contribution in [0.3, 0.4) is 0 Å². The van der Waals surface area contributed by atoms with Crippen LogP contribution in [0.5, 0.6) is 0 Å². The van der Waals surface area contributed by atoms with Crippen LogP contribution in [-0.2, 0) is 9.53 Å². The number of aliphatic carboxylic acids is 1. The SMILES string of the molecule is Cc1ncc(C(=O)N2CC(C(=O)O)O[C@H](C)C2)c(C(C)C)n1. The number of carbonyl (C=O) groups excluding carboxylic acids is 1. The lowest BCUT2D eigenvalue weighted by Gasteiger charge is -2.35. The Morgan fingerprint density at radius 1 is 1.41 bits per heavy atom. The zero-order chi connectivity index (χ0) is 16.4. The van der Waals surface area contributed by atoms with E-state index in [1.165, 1.54) is 11.1 Å². The van der Waals surface area contributed by atoms with Gasteiger partial charge in [-0.2, -0.15) is 0 Å². The van der Waals surface area contributed by atoms with Crippen molar-refractivity contribution in [1.29, 1.82) is 0 Å². The van der Waals surface area contributed by atoms with Gasteiger partial charge < -0.3 is 14.7 Å². The van der Waals surface area contributed by atoms with Crippen molar-refractivity contribution in [1.82, 2.24) is 14.9 Å². The van der Waals surface area contributed by atoms with Gasteiger partial charge in [-0.25, -0.2) is 14.8 Å². The number of morpholine rings is 1. The maximum atomic E-state index is 12.7. The van der Waals surface area contributed by atoms with E-state index in [4.69, 9.17) is 9.84 Å². The summed E-state index contributed by atoms with van der Waals surface area (Å²) < 4.78 is 5.34. The highest BCUT2D eigenvalue weighted by atomic mass is 16.5. The molecular formula is C15H21N3O4. The number of hydrogen-bond donors (Lipinski definition) is 1. The smallest absolute Gasteiger partial charge is 0.334 e. The third kappa shape index (κ3) is 3.41. The average Bonchev–Trinajstić information content (AvgIpc) is 2.45. The Kier molecular flexibility index (Phi) is 4.75. The lowest BCUT2D eigenvalue weighted by Crippen LogP contribution is -2.52. The van der Waals surface area contributed by atoms with E-state index in [0.29, 0.717) is 23.6 Å². The topological polar surface area (TPSA) is 92.6 Å². The fraction of sp³-hybridized carbons (Fsp3) is 0.600. The van der Waals surface area contributed by atoms with Gasteiger partial charge in [0.1, 0.15) is 5.82 Å². The first kappa shape index (κ1) is 16.4. The number of nitrogens with zero attached hydrogens (tertiary/aromatic N) is 3. The number of ether oxygens (including phenoxy) is 1. The van der Waals surface area contributed by atoms with Crippen LogP contribution in [0.25, 0.3) is 0 Å². The first-order chi connectivity index (χ1) is 10.3. The van der Waals surface area contributed by atoms with Crippen LogP contribution >= 0.6 is 0 Å². The molecule has 2 heterocycles. The van der Waals surface area contributed by atoms with E-state index in [1.54, 1.807) is 13.8 Å². The standard InChI is InChI=1S/C15H21N3O4/c1-8(2)13-11(5-16-10(4)17-13)14(19)18-6-9(3)22-12(7-18)15(20)21/h5,8-9,12H,6-7H2,1-4H3,(H,20,21)/t9-,12?/m1/s1. The van der Waals surface area contributed by atoms with Crippen LogP contribution in [0.1, 0.15) is 48.6 Å². The van der Waals surface area contributed by atoms with Crippen molar-refractivity contribution < 1.29 is 19.4 Å². The maximum Gasteiger partial charge on any atom is 0.334 e. The van der Waals surface area contributed by atoms with Gasteiger partial charge in [0, 0.05) is 12.7 Å². The molecule has 0 aromatic carbocycles. The van der Waals surface area contributed by atoms with Gasteiger partial charge in [0.2, 0.25) is 0 Å². The molecule has 0 radical (unpaired) electrons. The molecule has 1 fully saturated rings. The summed E-state index contributed by atoms with van der Waals surface area (Å²) in [5, 5.41) is 9.12. The molecule has 120 valence electrons. The molecule has 0 saturated carbocycles. The number of rotatable bonds is 3. The van der Waals surface area contributed by atoms with E-state index >= 15 is 0 Å². The average molecular weight is 307 g/mol. The Hall–Kier alpha value is -2.02. The van der Waals surface area contributed by atoms with Gasteiger partial charge in [-0.3, -0.25) is 4.79 Å². The zero-order valence-electron chi connectivity index (χ0n) is 13.2. The number of carbonyl (C=O) groups is 2. The summed E-state index contributed by atoms with van der Waals surface area (Å²) in [5.41, 5.74) is 1.11. The van der Waals surface area contributed by atoms with Crippen molar-refractivity contribution in [2.75, 3.05) is 13.1 Å². The van der Waals surface area contributed by atoms with Crippen molar-refractivity contribution in [3.8, 4) is 0 Å². The molecule has 1 aliphatic heterocycles. The molecule has 1 aromatic heterocycles. The maximum absolute atomic E-state index is 12.7. The molecule has 22 heavy (non-hydrogen) atoms. The summed E-state index contributed by atoms with van der Waals surface area (Å²) in [6.07, 6.45) is 0.199. The Morgan fingerprint density at radius 3 is 2.68 bits per heavy atom. The molecule has 7 nitrogen and oxygen atoms in total. The monoisotopic (exact) mass is 307 g/mol. The lowest BCUT2D eigenvalue weighted by atomic mass is 10.0. The Bertz CT molecular complexity index is 588. The predicted molar refractivity (Wildman–Crippen MR) is 78.7 cm³/mol. The molecule has 1 amide bonds. The molecule has 1 N–H and O–H groups in total. The molecule has 1 aliphatic rings. The highest BCUT2D eigenvalue weighted by molar-refractivity contribution is 5.95. The highest BCUT2D eigenvalue weighted by Crippen LogP contribution is 2.21. The van der Waals surface area contributed by atoms with Gasteiger partial charge in [-0.05, 0) is 19.8 Å². The molecule has 0 spiro atoms. The largest absolute Gasteiger partial charge is 0.479 e. The van der Waals surface area contributed by atoms with Crippen LogP contribution in [0.2, 0.25) is 0 Å². The van der Waals surface area contributed by atoms with Gasteiger partial charge in [0.15, 0.2) is 6.10 Å². The summed E-state index contributed by atoms with van der Waals surface area (Å²) in [6.45, 7) is 7.83. The van der Waals surface area contributed by atoms with Crippen molar-refractivity contribution >= 4 is 11.9 Å². The van der Waals surface area contributed by atoms with E-state index in [-0.39, 0.29) is 24.5 Å². The van der Waals surface area contributed by atoms with Crippen LogP contribution in [-0.4, -0.2) is 57.1 Å². The molecule has 7 heteroatoms. The van der Waals surface area contributed by atoms with Gasteiger partial charge in [-0.15, -0.1) is 0 Å². The van der Waals surface area contributed by atoms with Gasteiger partial charge >= 0.3 is 5.97 Å². The second kappa shape index (κ2) is 6.39. The fourth-order valence-corrected chi connectivity index (χ4v) is 2.52. The van der Waals surface area contributed by atoms with E-state index in [0.717, 1.165) is 0 Å².